The second-order valence-electron chi connectivity index (χ2n) is 6.96. The Bertz CT molecular complexity index is 1250. The van der Waals surface area contributed by atoms with Crippen LogP contribution < -0.4 is 4.74 Å². The van der Waals surface area contributed by atoms with Gasteiger partial charge in [-0.05, 0) is 54.1 Å². The van der Waals surface area contributed by atoms with E-state index in [1.54, 1.807) is 12.4 Å². The van der Waals surface area contributed by atoms with Gasteiger partial charge in [0.2, 0.25) is 5.78 Å². The van der Waals surface area contributed by atoms with Crippen molar-refractivity contribution in [3.8, 4) is 5.75 Å². The van der Waals surface area contributed by atoms with Crippen molar-refractivity contribution in [2.75, 3.05) is 6.61 Å². The summed E-state index contributed by atoms with van der Waals surface area (Å²) >= 11 is 0. The van der Waals surface area contributed by atoms with Crippen molar-refractivity contribution in [3.05, 3.63) is 102 Å². The number of ether oxygens (including phenoxy) is 2. The fourth-order valence-electron chi connectivity index (χ4n) is 3.50. The van der Waals surface area contributed by atoms with Crippen molar-refractivity contribution < 1.29 is 14.3 Å². The van der Waals surface area contributed by atoms with Gasteiger partial charge in [-0.25, -0.2) is 4.98 Å². The molecule has 5 nitrogen and oxygen atoms in total. The van der Waals surface area contributed by atoms with Gasteiger partial charge in [0.05, 0.1) is 16.8 Å². The zero-order valence-electron chi connectivity index (χ0n) is 16.1. The van der Waals surface area contributed by atoms with E-state index < -0.39 is 0 Å². The second kappa shape index (κ2) is 7.79. The molecule has 0 spiro atoms. The summed E-state index contributed by atoms with van der Waals surface area (Å²) in [5.74, 6) is 1.29. The van der Waals surface area contributed by atoms with Crippen LogP contribution in [0.2, 0.25) is 0 Å². The summed E-state index contributed by atoms with van der Waals surface area (Å²) in [5, 5.41) is 1.11. The summed E-state index contributed by atoms with van der Waals surface area (Å²) in [5.41, 5.74) is 4.05. The number of nitrogens with zero attached hydrogens (tertiary/aromatic N) is 2. The molecule has 0 bridgehead atoms. The van der Waals surface area contributed by atoms with E-state index in [4.69, 9.17) is 9.47 Å². The van der Waals surface area contributed by atoms with Gasteiger partial charge in [0.15, 0.2) is 6.61 Å². The van der Waals surface area contributed by atoms with E-state index in [2.05, 4.69) is 9.97 Å². The minimum absolute atomic E-state index is 0.0288. The van der Waals surface area contributed by atoms with Crippen LogP contribution in [0.3, 0.4) is 0 Å². The standard InChI is InChI=1S/C25H18N2O3/c28-23-16-30-25(24(23)18-11-13-26-14-12-18)19-6-9-21(10-7-19)29-15-20-8-5-17-3-1-2-4-22(17)27-20/h1-14H,15-16H2. The van der Waals surface area contributed by atoms with Crippen LogP contribution in [0, 0.1) is 0 Å². The number of hydrogen-bond donors (Lipinski definition) is 0. The van der Waals surface area contributed by atoms with E-state index in [1.165, 1.54) is 0 Å². The number of carbonyl (C=O) groups excluding carboxylic acids is 1. The molecule has 0 aliphatic carbocycles. The molecule has 3 heterocycles. The fourth-order valence-corrected chi connectivity index (χ4v) is 3.50. The third-order valence-electron chi connectivity index (χ3n) is 4.98. The predicted molar refractivity (Wildman–Crippen MR) is 115 cm³/mol. The molecule has 0 saturated carbocycles. The first kappa shape index (κ1) is 18.1. The number of fused-ring (bicyclic) bond motifs is 1. The molecule has 1 aliphatic rings. The zero-order valence-corrected chi connectivity index (χ0v) is 16.1. The molecule has 5 heteroatoms. The van der Waals surface area contributed by atoms with Gasteiger partial charge in [0.1, 0.15) is 18.1 Å². The molecule has 0 amide bonds. The number of Topliss-reactive ketones (excluding diaryl/α,β-unsaturated/α-hetero) is 1. The van der Waals surface area contributed by atoms with E-state index in [9.17, 15) is 4.79 Å². The number of aromatic nitrogens is 2. The Kier molecular flexibility index (Phi) is 4.69. The maximum atomic E-state index is 12.3. The highest BCUT2D eigenvalue weighted by Gasteiger charge is 2.27. The van der Waals surface area contributed by atoms with Gasteiger partial charge >= 0.3 is 0 Å². The first-order valence-corrected chi connectivity index (χ1v) is 9.66. The van der Waals surface area contributed by atoms with Gasteiger partial charge in [-0.15, -0.1) is 0 Å². The van der Waals surface area contributed by atoms with Crippen molar-refractivity contribution in [1.82, 2.24) is 9.97 Å². The van der Waals surface area contributed by atoms with Gasteiger partial charge in [-0.3, -0.25) is 9.78 Å². The highest BCUT2D eigenvalue weighted by atomic mass is 16.5. The molecule has 5 rings (SSSR count). The molecule has 0 atom stereocenters. The fraction of sp³-hybridized carbons (Fsp3) is 0.0800. The average molecular weight is 394 g/mol. The quantitative estimate of drug-likeness (QED) is 0.492. The lowest BCUT2D eigenvalue weighted by molar-refractivity contribution is -0.114. The van der Waals surface area contributed by atoms with Crippen LogP contribution in [-0.4, -0.2) is 22.4 Å². The molecule has 0 N–H and O–H groups in total. The SMILES string of the molecule is O=C1COC(c2ccc(OCc3ccc4ccccc4n3)cc2)=C1c1ccncc1. The Morgan fingerprint density at radius 1 is 0.867 bits per heavy atom. The molecule has 0 saturated heterocycles. The third kappa shape index (κ3) is 3.53. The maximum absolute atomic E-state index is 12.3. The van der Waals surface area contributed by atoms with Gasteiger partial charge in [-0.2, -0.15) is 0 Å². The number of carbonyl (C=O) groups is 1. The summed E-state index contributed by atoms with van der Waals surface area (Å²) < 4.78 is 11.6. The van der Waals surface area contributed by atoms with Crippen molar-refractivity contribution in [1.29, 1.82) is 0 Å². The van der Waals surface area contributed by atoms with Crippen molar-refractivity contribution in [3.63, 3.8) is 0 Å². The van der Waals surface area contributed by atoms with Crippen molar-refractivity contribution in [2.45, 2.75) is 6.61 Å². The number of rotatable bonds is 5. The molecule has 2 aromatic carbocycles. The lowest BCUT2D eigenvalue weighted by atomic mass is 10.0. The second-order valence-corrected chi connectivity index (χ2v) is 6.96. The van der Waals surface area contributed by atoms with Crippen molar-refractivity contribution in [2.24, 2.45) is 0 Å². The topological polar surface area (TPSA) is 61.3 Å². The van der Waals surface area contributed by atoms with Crippen LogP contribution in [0.1, 0.15) is 16.8 Å². The van der Waals surface area contributed by atoms with Crippen LogP contribution in [0.25, 0.3) is 22.2 Å². The molecule has 1 aliphatic heterocycles. The monoisotopic (exact) mass is 394 g/mol. The van der Waals surface area contributed by atoms with Gasteiger partial charge in [0, 0.05) is 23.3 Å². The van der Waals surface area contributed by atoms with Gasteiger partial charge in [0.25, 0.3) is 0 Å². The number of hydrogen-bond acceptors (Lipinski definition) is 5. The molecule has 30 heavy (non-hydrogen) atoms. The largest absolute Gasteiger partial charge is 0.487 e. The summed E-state index contributed by atoms with van der Waals surface area (Å²) in [6.07, 6.45) is 3.34. The Balaban J connectivity index is 1.35. The number of benzene rings is 2. The predicted octanol–water partition coefficient (Wildman–Crippen LogP) is 4.68. The summed E-state index contributed by atoms with van der Waals surface area (Å²) in [7, 11) is 0. The lowest BCUT2D eigenvalue weighted by Crippen LogP contribution is -2.00. The molecular weight excluding hydrogens is 376 g/mol. The normalized spacial score (nSPS) is 13.5. The van der Waals surface area contributed by atoms with E-state index in [0.717, 1.165) is 33.5 Å². The van der Waals surface area contributed by atoms with Crippen LogP contribution in [0.15, 0.2) is 85.2 Å². The molecule has 2 aromatic heterocycles. The van der Waals surface area contributed by atoms with Crippen LogP contribution in [-0.2, 0) is 16.1 Å². The Morgan fingerprint density at radius 3 is 2.50 bits per heavy atom. The van der Waals surface area contributed by atoms with Crippen LogP contribution in [0.4, 0.5) is 0 Å². The first-order valence-electron chi connectivity index (χ1n) is 9.66. The summed E-state index contributed by atoms with van der Waals surface area (Å²) in [6.45, 7) is 0.434. The highest BCUT2D eigenvalue weighted by Crippen LogP contribution is 2.33. The lowest BCUT2D eigenvalue weighted by Gasteiger charge is -2.09. The summed E-state index contributed by atoms with van der Waals surface area (Å²) in [4.78, 5) is 21.0. The number of ketones is 1. The Hall–Kier alpha value is -3.99. The maximum Gasteiger partial charge on any atom is 0.204 e. The Labute approximate surface area is 173 Å². The van der Waals surface area contributed by atoms with E-state index >= 15 is 0 Å². The third-order valence-corrected chi connectivity index (χ3v) is 4.98. The zero-order chi connectivity index (χ0) is 20.3. The average Bonchev–Trinajstić information content (AvgIpc) is 3.20. The molecule has 4 aromatic rings. The molecule has 146 valence electrons. The van der Waals surface area contributed by atoms with E-state index in [0.29, 0.717) is 17.9 Å². The minimum Gasteiger partial charge on any atom is -0.487 e. The van der Waals surface area contributed by atoms with E-state index in [1.807, 2.05) is 72.8 Å². The Morgan fingerprint density at radius 2 is 1.67 bits per heavy atom. The molecule has 0 fully saturated rings. The summed E-state index contributed by atoms with van der Waals surface area (Å²) in [6, 6.07) is 23.2. The first-order chi connectivity index (χ1) is 14.8. The molecule has 0 unspecified atom stereocenters. The minimum atomic E-state index is -0.0288. The van der Waals surface area contributed by atoms with E-state index in [-0.39, 0.29) is 12.4 Å². The van der Waals surface area contributed by atoms with Crippen molar-refractivity contribution >= 4 is 28.0 Å². The number of para-hydroxylation sites is 1. The van der Waals surface area contributed by atoms with Gasteiger partial charge in [-0.1, -0.05) is 24.3 Å². The molecular formula is C25H18N2O3. The number of pyridine rings is 2. The van der Waals surface area contributed by atoms with Crippen LogP contribution >= 0.6 is 0 Å². The molecule has 0 radical (unpaired) electrons. The smallest absolute Gasteiger partial charge is 0.204 e. The highest BCUT2D eigenvalue weighted by molar-refractivity contribution is 6.29. The van der Waals surface area contributed by atoms with Gasteiger partial charge < -0.3 is 9.47 Å². The van der Waals surface area contributed by atoms with Crippen LogP contribution in [0.5, 0.6) is 5.75 Å².